The van der Waals surface area contributed by atoms with Crippen LogP contribution in [0.1, 0.15) is 6.92 Å². The van der Waals surface area contributed by atoms with Gasteiger partial charge in [-0.1, -0.05) is 0 Å². The lowest BCUT2D eigenvalue weighted by atomic mass is 10.2. The number of hydrogen-bond donors (Lipinski definition) is 1. The molecule has 1 aliphatic rings. The number of hydrogen-bond acceptors (Lipinski definition) is 7. The predicted octanol–water partition coefficient (Wildman–Crippen LogP) is 2.12. The van der Waals surface area contributed by atoms with E-state index in [1.165, 1.54) is 25.3 Å². The largest absolute Gasteiger partial charge is 0.473 e. The molecule has 0 saturated heterocycles. The summed E-state index contributed by atoms with van der Waals surface area (Å²) in [4.78, 5) is 26.1. The fourth-order valence-electron chi connectivity index (χ4n) is 2.07. The van der Waals surface area contributed by atoms with Gasteiger partial charge in [-0.15, -0.1) is 0 Å². The van der Waals surface area contributed by atoms with Gasteiger partial charge < -0.3 is 29.6 Å². The van der Waals surface area contributed by atoms with Crippen molar-refractivity contribution in [3.05, 3.63) is 46.6 Å². The van der Waals surface area contributed by atoms with Crippen LogP contribution in [-0.4, -0.2) is 28.7 Å². The van der Waals surface area contributed by atoms with Crippen LogP contribution in [0.25, 0.3) is 0 Å². The van der Waals surface area contributed by atoms with Crippen molar-refractivity contribution in [2.75, 3.05) is 12.1 Å². The van der Waals surface area contributed by atoms with E-state index in [-0.39, 0.29) is 12.5 Å². The molecule has 0 aliphatic carbocycles. The highest BCUT2D eigenvalue weighted by Gasteiger charge is 2.22. The SMILES string of the molecule is C[C@H](Oc1cccnc1[N+](=O)[O-])C(=O)Nc1ccc2c(c1)OCO2. The molecule has 1 atom stereocenters. The maximum atomic E-state index is 12.2. The van der Waals surface area contributed by atoms with Gasteiger partial charge >= 0.3 is 5.82 Å². The zero-order valence-electron chi connectivity index (χ0n) is 12.6. The van der Waals surface area contributed by atoms with Gasteiger partial charge in [-0.3, -0.25) is 4.79 Å². The number of carbonyl (C=O) groups excluding carboxylic acids is 1. The van der Waals surface area contributed by atoms with Crippen LogP contribution in [0.15, 0.2) is 36.5 Å². The Morgan fingerprint density at radius 1 is 1.38 bits per heavy atom. The summed E-state index contributed by atoms with van der Waals surface area (Å²) in [7, 11) is 0. The van der Waals surface area contributed by atoms with Crippen LogP contribution < -0.4 is 19.5 Å². The Bertz CT molecular complexity index is 795. The number of fused-ring (bicyclic) bond motifs is 1. The van der Waals surface area contributed by atoms with Crippen molar-refractivity contribution in [1.29, 1.82) is 0 Å². The number of anilines is 1. The van der Waals surface area contributed by atoms with E-state index in [0.29, 0.717) is 17.2 Å². The number of nitro groups is 1. The van der Waals surface area contributed by atoms with E-state index < -0.39 is 22.8 Å². The minimum atomic E-state index is -0.960. The number of amides is 1. The number of pyridine rings is 1. The van der Waals surface area contributed by atoms with E-state index in [0.717, 1.165) is 0 Å². The Kier molecular flexibility index (Phi) is 4.15. The van der Waals surface area contributed by atoms with Gasteiger partial charge in [0.2, 0.25) is 12.5 Å². The molecule has 1 aromatic carbocycles. The predicted molar refractivity (Wildman–Crippen MR) is 82.2 cm³/mol. The zero-order chi connectivity index (χ0) is 17.1. The molecule has 9 heteroatoms. The number of ether oxygens (including phenoxy) is 3. The van der Waals surface area contributed by atoms with E-state index in [1.807, 2.05) is 0 Å². The van der Waals surface area contributed by atoms with Crippen LogP contribution in [0.5, 0.6) is 17.2 Å². The molecule has 0 radical (unpaired) electrons. The number of rotatable bonds is 5. The van der Waals surface area contributed by atoms with Gasteiger partial charge in [-0.05, 0) is 41.1 Å². The summed E-state index contributed by atoms with van der Waals surface area (Å²) in [5.74, 6) is 0.149. The Hall–Kier alpha value is -3.36. The van der Waals surface area contributed by atoms with Crippen LogP contribution >= 0.6 is 0 Å². The fraction of sp³-hybridized carbons (Fsp3) is 0.200. The highest BCUT2D eigenvalue weighted by Crippen LogP contribution is 2.34. The molecule has 0 bridgehead atoms. The number of nitrogens with zero attached hydrogens (tertiary/aromatic N) is 2. The molecule has 1 amide bonds. The molecule has 0 fully saturated rings. The third kappa shape index (κ3) is 3.19. The molecule has 3 rings (SSSR count). The molecule has 0 spiro atoms. The van der Waals surface area contributed by atoms with Crippen molar-refractivity contribution in [2.45, 2.75) is 13.0 Å². The summed E-state index contributed by atoms with van der Waals surface area (Å²) in [5, 5.41) is 13.6. The van der Waals surface area contributed by atoms with E-state index >= 15 is 0 Å². The lowest BCUT2D eigenvalue weighted by Crippen LogP contribution is -2.30. The minimum Gasteiger partial charge on any atom is -0.473 e. The van der Waals surface area contributed by atoms with Gasteiger partial charge in [0.05, 0.1) is 0 Å². The molecule has 2 heterocycles. The third-order valence-corrected chi connectivity index (χ3v) is 3.24. The average Bonchev–Trinajstić information content (AvgIpc) is 3.02. The molecule has 1 N–H and O–H groups in total. The molecule has 124 valence electrons. The highest BCUT2D eigenvalue weighted by atomic mass is 16.7. The summed E-state index contributed by atoms with van der Waals surface area (Å²) >= 11 is 0. The molecule has 1 aromatic heterocycles. The van der Waals surface area contributed by atoms with Gasteiger partial charge in [0.1, 0.15) is 6.20 Å². The lowest BCUT2D eigenvalue weighted by Gasteiger charge is -2.14. The van der Waals surface area contributed by atoms with Crippen molar-refractivity contribution >= 4 is 17.4 Å². The second kappa shape index (κ2) is 6.41. The molecule has 1 aliphatic heterocycles. The zero-order valence-corrected chi connectivity index (χ0v) is 12.6. The monoisotopic (exact) mass is 331 g/mol. The standard InChI is InChI=1S/C15H13N3O6/c1-9(24-12-3-2-6-16-14(12)18(20)21)15(19)17-10-4-5-11-13(7-10)23-8-22-11/h2-7,9H,8H2,1H3,(H,17,19)/t9-/m0/s1. The first-order chi connectivity index (χ1) is 11.5. The molecule has 24 heavy (non-hydrogen) atoms. The molecular weight excluding hydrogens is 318 g/mol. The van der Waals surface area contributed by atoms with E-state index in [9.17, 15) is 14.9 Å². The normalized spacial score (nSPS) is 13.2. The number of nitrogens with one attached hydrogen (secondary N) is 1. The first-order valence-corrected chi connectivity index (χ1v) is 7.01. The number of carbonyl (C=O) groups is 1. The summed E-state index contributed by atoms with van der Waals surface area (Å²) in [6.45, 7) is 1.62. The quantitative estimate of drug-likeness (QED) is 0.659. The number of aromatic nitrogens is 1. The van der Waals surface area contributed by atoms with Crippen LogP contribution in [0.2, 0.25) is 0 Å². The third-order valence-electron chi connectivity index (χ3n) is 3.24. The van der Waals surface area contributed by atoms with Gasteiger partial charge in [0.25, 0.3) is 5.91 Å². The van der Waals surface area contributed by atoms with Gasteiger partial charge in [-0.25, -0.2) is 0 Å². The minimum absolute atomic E-state index is 0.0733. The maximum absolute atomic E-state index is 12.2. The Labute approximate surface area is 136 Å². The van der Waals surface area contributed by atoms with Crippen LogP contribution in [0, 0.1) is 10.1 Å². The molecule has 0 saturated carbocycles. The Morgan fingerprint density at radius 3 is 2.96 bits per heavy atom. The van der Waals surface area contributed by atoms with E-state index in [1.54, 1.807) is 18.2 Å². The second-order valence-corrected chi connectivity index (χ2v) is 4.90. The first-order valence-electron chi connectivity index (χ1n) is 7.01. The summed E-state index contributed by atoms with van der Waals surface area (Å²) in [5.41, 5.74) is 0.500. The maximum Gasteiger partial charge on any atom is 0.406 e. The van der Waals surface area contributed by atoms with Crippen LogP contribution in [0.3, 0.4) is 0 Å². The van der Waals surface area contributed by atoms with Crippen LogP contribution in [0.4, 0.5) is 11.5 Å². The Morgan fingerprint density at radius 2 is 2.17 bits per heavy atom. The number of benzene rings is 1. The molecule has 2 aromatic rings. The molecule has 9 nitrogen and oxygen atoms in total. The second-order valence-electron chi connectivity index (χ2n) is 4.90. The van der Waals surface area contributed by atoms with Crippen molar-refractivity contribution in [2.24, 2.45) is 0 Å². The average molecular weight is 331 g/mol. The van der Waals surface area contributed by atoms with Gasteiger partial charge in [0.15, 0.2) is 17.6 Å². The fourth-order valence-corrected chi connectivity index (χ4v) is 2.07. The van der Waals surface area contributed by atoms with Crippen LogP contribution in [-0.2, 0) is 4.79 Å². The summed E-state index contributed by atoms with van der Waals surface area (Å²) in [6, 6.07) is 7.83. The molecular formula is C15H13N3O6. The lowest BCUT2D eigenvalue weighted by molar-refractivity contribution is -0.390. The van der Waals surface area contributed by atoms with Crippen molar-refractivity contribution in [3.8, 4) is 17.2 Å². The van der Waals surface area contributed by atoms with Gasteiger partial charge in [0, 0.05) is 11.8 Å². The Balaban J connectivity index is 1.68. The van der Waals surface area contributed by atoms with Gasteiger partial charge in [-0.2, -0.15) is 0 Å². The first kappa shape index (κ1) is 15.5. The molecule has 0 unspecified atom stereocenters. The smallest absolute Gasteiger partial charge is 0.406 e. The van der Waals surface area contributed by atoms with Crippen molar-refractivity contribution in [1.82, 2.24) is 4.98 Å². The summed E-state index contributed by atoms with van der Waals surface area (Å²) < 4.78 is 15.8. The topological polar surface area (TPSA) is 113 Å². The van der Waals surface area contributed by atoms with Crippen molar-refractivity contribution < 1.29 is 23.9 Å². The van der Waals surface area contributed by atoms with E-state index in [2.05, 4.69) is 10.3 Å². The summed E-state index contributed by atoms with van der Waals surface area (Å²) in [6.07, 6.45) is 0.320. The highest BCUT2D eigenvalue weighted by molar-refractivity contribution is 5.94. The van der Waals surface area contributed by atoms with Crippen molar-refractivity contribution in [3.63, 3.8) is 0 Å². The van der Waals surface area contributed by atoms with E-state index in [4.69, 9.17) is 14.2 Å².